The fourth-order valence-electron chi connectivity index (χ4n) is 2.02. The first kappa shape index (κ1) is 13.3. The van der Waals surface area contributed by atoms with E-state index in [0.717, 1.165) is 29.3 Å². The first-order valence-electron chi connectivity index (χ1n) is 5.77. The highest BCUT2D eigenvalue weighted by Crippen LogP contribution is 2.25. The van der Waals surface area contributed by atoms with Crippen molar-refractivity contribution in [3.63, 3.8) is 0 Å². The highest BCUT2D eigenvalue weighted by molar-refractivity contribution is 14.1. The molecule has 0 spiro atoms. The Morgan fingerprint density at radius 3 is 2.53 bits per heavy atom. The lowest BCUT2D eigenvalue weighted by Crippen LogP contribution is -2.21. The van der Waals surface area contributed by atoms with E-state index in [1.165, 1.54) is 6.42 Å². The molecule has 0 aliphatic heterocycles. The van der Waals surface area contributed by atoms with Crippen molar-refractivity contribution in [3.05, 3.63) is 27.8 Å². The third-order valence-electron chi connectivity index (χ3n) is 2.90. The van der Waals surface area contributed by atoms with Gasteiger partial charge in [-0.05, 0) is 53.6 Å². The average molecular weight is 366 g/mol. The van der Waals surface area contributed by atoms with E-state index in [0.29, 0.717) is 0 Å². The van der Waals surface area contributed by atoms with E-state index in [-0.39, 0.29) is 11.0 Å². The third-order valence-corrected chi connectivity index (χ3v) is 4.93. The van der Waals surface area contributed by atoms with Gasteiger partial charge in [-0.15, -0.1) is 0 Å². The lowest BCUT2D eigenvalue weighted by molar-refractivity contribution is 0.162. The summed E-state index contributed by atoms with van der Waals surface area (Å²) in [5.74, 6) is 0. The van der Waals surface area contributed by atoms with Gasteiger partial charge in [0.05, 0.1) is 11.0 Å². The summed E-state index contributed by atoms with van der Waals surface area (Å²) in [4.78, 5) is 0.259. The Labute approximate surface area is 116 Å². The van der Waals surface area contributed by atoms with Crippen LogP contribution in [0.3, 0.4) is 0 Å². The van der Waals surface area contributed by atoms with Crippen molar-refractivity contribution in [2.24, 2.45) is 0 Å². The molecule has 1 aliphatic carbocycles. The van der Waals surface area contributed by atoms with Crippen LogP contribution in [0.25, 0.3) is 0 Å². The van der Waals surface area contributed by atoms with Crippen LogP contribution < -0.4 is 0 Å². The van der Waals surface area contributed by atoms with Crippen molar-refractivity contribution in [1.29, 1.82) is 0 Å². The second-order valence-corrected chi connectivity index (χ2v) is 7.09. The van der Waals surface area contributed by atoms with Crippen molar-refractivity contribution < 1.29 is 12.6 Å². The number of hydrogen-bond donors (Lipinski definition) is 0. The minimum Gasteiger partial charge on any atom is -0.263 e. The molecule has 1 saturated carbocycles. The van der Waals surface area contributed by atoms with Gasteiger partial charge in [0.25, 0.3) is 10.1 Å². The zero-order chi connectivity index (χ0) is 12.3. The molecular weight excluding hydrogens is 351 g/mol. The maximum atomic E-state index is 12.0. The fraction of sp³-hybridized carbons (Fsp3) is 0.500. The topological polar surface area (TPSA) is 43.4 Å². The summed E-state index contributed by atoms with van der Waals surface area (Å²) >= 11 is 2.10. The average Bonchev–Trinajstić information content (AvgIpc) is 2.30. The molecule has 1 aromatic carbocycles. The van der Waals surface area contributed by atoms with Gasteiger partial charge in [-0.25, -0.2) is 0 Å². The molecule has 94 valence electrons. The van der Waals surface area contributed by atoms with Crippen LogP contribution in [0.4, 0.5) is 0 Å². The van der Waals surface area contributed by atoms with E-state index in [2.05, 4.69) is 22.6 Å². The van der Waals surface area contributed by atoms with Crippen LogP contribution >= 0.6 is 22.6 Å². The minimum absolute atomic E-state index is 0.133. The lowest BCUT2D eigenvalue weighted by atomic mass is 9.98. The third kappa shape index (κ3) is 3.66. The van der Waals surface area contributed by atoms with Crippen LogP contribution in [-0.2, 0) is 14.3 Å². The van der Waals surface area contributed by atoms with E-state index in [4.69, 9.17) is 4.18 Å². The zero-order valence-corrected chi connectivity index (χ0v) is 12.4. The summed E-state index contributed by atoms with van der Waals surface area (Å²) in [6.45, 7) is 0. The number of rotatable bonds is 3. The molecule has 0 amide bonds. The standard InChI is InChI=1S/C12H15IO3S/c13-10-5-4-8-12(9-10)17(14,15)16-11-6-2-1-3-7-11/h4-5,8-9,11H,1-3,6-7H2. The van der Waals surface area contributed by atoms with Gasteiger partial charge in [0.1, 0.15) is 0 Å². The molecule has 17 heavy (non-hydrogen) atoms. The van der Waals surface area contributed by atoms with E-state index in [9.17, 15) is 8.42 Å². The van der Waals surface area contributed by atoms with Crippen LogP contribution in [-0.4, -0.2) is 14.5 Å². The Morgan fingerprint density at radius 2 is 1.88 bits per heavy atom. The maximum absolute atomic E-state index is 12.0. The fourth-order valence-corrected chi connectivity index (χ4v) is 3.95. The highest BCUT2D eigenvalue weighted by Gasteiger charge is 2.23. The van der Waals surface area contributed by atoms with Gasteiger partial charge in [-0.1, -0.05) is 25.3 Å². The predicted octanol–water partition coefficient (Wildman–Crippen LogP) is 3.33. The van der Waals surface area contributed by atoms with Gasteiger partial charge in [0.2, 0.25) is 0 Å². The van der Waals surface area contributed by atoms with E-state index in [1.54, 1.807) is 18.2 Å². The second-order valence-electron chi connectivity index (χ2n) is 4.27. The number of hydrogen-bond acceptors (Lipinski definition) is 3. The largest absolute Gasteiger partial charge is 0.297 e. The van der Waals surface area contributed by atoms with Gasteiger partial charge in [0, 0.05) is 3.57 Å². The lowest BCUT2D eigenvalue weighted by Gasteiger charge is -2.21. The summed E-state index contributed by atoms with van der Waals surface area (Å²) in [6, 6.07) is 6.82. The molecule has 0 saturated heterocycles. The summed E-state index contributed by atoms with van der Waals surface area (Å²) in [5.41, 5.74) is 0. The molecule has 1 aliphatic rings. The van der Waals surface area contributed by atoms with E-state index in [1.807, 2.05) is 6.07 Å². The minimum atomic E-state index is -3.59. The maximum Gasteiger partial charge on any atom is 0.297 e. The molecule has 3 nitrogen and oxygen atoms in total. The molecule has 1 fully saturated rings. The smallest absolute Gasteiger partial charge is 0.263 e. The summed E-state index contributed by atoms with van der Waals surface area (Å²) in [6.07, 6.45) is 4.88. The Morgan fingerprint density at radius 1 is 1.18 bits per heavy atom. The molecule has 0 aromatic heterocycles. The van der Waals surface area contributed by atoms with Crippen LogP contribution in [0.15, 0.2) is 29.2 Å². The molecule has 2 rings (SSSR count). The van der Waals surface area contributed by atoms with Crippen molar-refractivity contribution in [2.75, 3.05) is 0 Å². The second kappa shape index (κ2) is 5.67. The van der Waals surface area contributed by atoms with Crippen LogP contribution in [0.2, 0.25) is 0 Å². The van der Waals surface area contributed by atoms with Gasteiger partial charge in [-0.3, -0.25) is 4.18 Å². The van der Waals surface area contributed by atoms with Gasteiger partial charge in [-0.2, -0.15) is 8.42 Å². The summed E-state index contributed by atoms with van der Waals surface area (Å²) in [5, 5.41) is 0. The summed E-state index contributed by atoms with van der Waals surface area (Å²) < 4.78 is 30.2. The zero-order valence-electron chi connectivity index (χ0n) is 9.43. The van der Waals surface area contributed by atoms with Crippen molar-refractivity contribution in [2.45, 2.75) is 43.1 Å². The number of halogens is 1. The highest BCUT2D eigenvalue weighted by atomic mass is 127. The molecule has 0 unspecified atom stereocenters. The molecule has 0 atom stereocenters. The normalized spacial score (nSPS) is 18.2. The van der Waals surface area contributed by atoms with E-state index < -0.39 is 10.1 Å². The molecule has 5 heteroatoms. The van der Waals surface area contributed by atoms with Crippen LogP contribution in [0.5, 0.6) is 0 Å². The van der Waals surface area contributed by atoms with Crippen molar-refractivity contribution in [1.82, 2.24) is 0 Å². The monoisotopic (exact) mass is 366 g/mol. The molecule has 0 N–H and O–H groups in total. The Kier molecular flexibility index (Phi) is 4.43. The SMILES string of the molecule is O=S(=O)(OC1CCCCC1)c1cccc(I)c1. The Bertz CT molecular complexity index is 478. The first-order valence-corrected chi connectivity index (χ1v) is 8.25. The molecule has 1 aromatic rings. The van der Waals surface area contributed by atoms with Crippen LogP contribution in [0.1, 0.15) is 32.1 Å². The van der Waals surface area contributed by atoms with Crippen molar-refractivity contribution >= 4 is 32.7 Å². The first-order chi connectivity index (χ1) is 8.08. The summed E-state index contributed by atoms with van der Waals surface area (Å²) in [7, 11) is -3.59. The van der Waals surface area contributed by atoms with Crippen molar-refractivity contribution in [3.8, 4) is 0 Å². The van der Waals surface area contributed by atoms with Gasteiger partial charge < -0.3 is 0 Å². The Balaban J connectivity index is 2.13. The van der Waals surface area contributed by atoms with Gasteiger partial charge >= 0.3 is 0 Å². The van der Waals surface area contributed by atoms with Gasteiger partial charge in [0.15, 0.2) is 0 Å². The molecular formula is C12H15IO3S. The number of benzene rings is 1. The quantitative estimate of drug-likeness (QED) is 0.609. The molecule has 0 heterocycles. The van der Waals surface area contributed by atoms with E-state index >= 15 is 0 Å². The Hall–Kier alpha value is -0.140. The molecule has 0 bridgehead atoms. The molecule has 0 radical (unpaired) electrons. The van der Waals surface area contributed by atoms with Crippen LogP contribution in [0, 0.1) is 3.57 Å². The predicted molar refractivity (Wildman–Crippen MR) is 74.3 cm³/mol.